The molecule has 0 spiro atoms. The molecule has 2 aromatic rings. The van der Waals surface area contributed by atoms with Crippen molar-refractivity contribution in [2.75, 3.05) is 5.73 Å². The SMILES string of the molecule is Nc1ccc2nc(SC3CC(=O)OC3=O)sc2c1. The number of rotatable bonds is 2. The molecule has 7 heteroatoms. The maximum Gasteiger partial charge on any atom is 0.327 e. The maximum absolute atomic E-state index is 11.4. The van der Waals surface area contributed by atoms with Gasteiger partial charge in [0.25, 0.3) is 0 Å². The van der Waals surface area contributed by atoms with Gasteiger partial charge in [-0.05, 0) is 18.2 Å². The summed E-state index contributed by atoms with van der Waals surface area (Å²) in [6.07, 6.45) is 0.113. The summed E-state index contributed by atoms with van der Waals surface area (Å²) in [7, 11) is 0. The molecule has 3 rings (SSSR count). The molecule has 1 aromatic heterocycles. The summed E-state index contributed by atoms with van der Waals surface area (Å²) in [6.45, 7) is 0. The number of ether oxygens (including phenoxy) is 1. The fraction of sp³-hybridized carbons (Fsp3) is 0.182. The van der Waals surface area contributed by atoms with Crippen LogP contribution in [0.3, 0.4) is 0 Å². The third-order valence-corrected chi connectivity index (χ3v) is 4.75. The number of carbonyl (C=O) groups is 2. The highest BCUT2D eigenvalue weighted by molar-refractivity contribution is 8.02. The number of esters is 2. The number of hydrogen-bond donors (Lipinski definition) is 1. The molecule has 1 aliphatic heterocycles. The number of nitrogens with two attached hydrogens (primary N) is 1. The van der Waals surface area contributed by atoms with Crippen LogP contribution in [-0.2, 0) is 14.3 Å². The van der Waals surface area contributed by atoms with Gasteiger partial charge in [0, 0.05) is 5.69 Å². The number of thioether (sulfide) groups is 1. The molecule has 1 atom stereocenters. The van der Waals surface area contributed by atoms with Crippen molar-refractivity contribution in [3.63, 3.8) is 0 Å². The van der Waals surface area contributed by atoms with E-state index in [9.17, 15) is 9.59 Å². The highest BCUT2D eigenvalue weighted by Crippen LogP contribution is 2.35. The third kappa shape index (κ3) is 2.06. The van der Waals surface area contributed by atoms with Crippen molar-refractivity contribution in [3.05, 3.63) is 18.2 Å². The minimum atomic E-state index is -0.483. The van der Waals surface area contributed by atoms with Crippen LogP contribution in [-0.4, -0.2) is 22.2 Å². The fourth-order valence-electron chi connectivity index (χ4n) is 1.64. The number of anilines is 1. The van der Waals surface area contributed by atoms with Gasteiger partial charge >= 0.3 is 11.9 Å². The van der Waals surface area contributed by atoms with E-state index in [4.69, 9.17) is 5.73 Å². The lowest BCUT2D eigenvalue weighted by Gasteiger charge is -1.98. The Morgan fingerprint density at radius 1 is 1.44 bits per heavy atom. The van der Waals surface area contributed by atoms with Gasteiger partial charge in [0.05, 0.1) is 16.6 Å². The smallest absolute Gasteiger partial charge is 0.327 e. The average molecular weight is 280 g/mol. The lowest BCUT2D eigenvalue weighted by molar-refractivity contribution is -0.151. The summed E-state index contributed by atoms with van der Waals surface area (Å²) in [5.41, 5.74) is 7.21. The molecule has 0 bridgehead atoms. The summed E-state index contributed by atoms with van der Waals surface area (Å²) >= 11 is 2.72. The summed E-state index contributed by atoms with van der Waals surface area (Å²) in [5.74, 6) is -0.952. The van der Waals surface area contributed by atoms with Crippen molar-refractivity contribution < 1.29 is 14.3 Å². The molecule has 0 amide bonds. The van der Waals surface area contributed by atoms with Crippen molar-refractivity contribution in [2.24, 2.45) is 0 Å². The van der Waals surface area contributed by atoms with Gasteiger partial charge in [-0.2, -0.15) is 0 Å². The topological polar surface area (TPSA) is 82.3 Å². The molecule has 18 heavy (non-hydrogen) atoms. The van der Waals surface area contributed by atoms with Gasteiger partial charge in [0.1, 0.15) is 5.25 Å². The van der Waals surface area contributed by atoms with Crippen LogP contribution in [0.5, 0.6) is 0 Å². The monoisotopic (exact) mass is 280 g/mol. The minimum absolute atomic E-state index is 0.113. The van der Waals surface area contributed by atoms with Crippen molar-refractivity contribution >= 4 is 50.9 Å². The van der Waals surface area contributed by atoms with Gasteiger partial charge in [-0.15, -0.1) is 11.3 Å². The molecule has 1 saturated heterocycles. The van der Waals surface area contributed by atoms with E-state index in [1.807, 2.05) is 12.1 Å². The second kappa shape index (κ2) is 4.25. The molecular weight excluding hydrogens is 272 g/mol. The molecular formula is C11H8N2O3S2. The minimum Gasteiger partial charge on any atom is -0.399 e. The number of hydrogen-bond acceptors (Lipinski definition) is 7. The van der Waals surface area contributed by atoms with Crippen LogP contribution in [0.4, 0.5) is 5.69 Å². The lowest BCUT2D eigenvalue weighted by Crippen LogP contribution is -2.08. The van der Waals surface area contributed by atoms with Crippen molar-refractivity contribution in [1.29, 1.82) is 0 Å². The molecule has 1 unspecified atom stereocenters. The Hall–Kier alpha value is -1.60. The van der Waals surface area contributed by atoms with Gasteiger partial charge in [0.15, 0.2) is 4.34 Å². The van der Waals surface area contributed by atoms with Crippen LogP contribution in [0.1, 0.15) is 6.42 Å². The zero-order valence-electron chi connectivity index (χ0n) is 9.08. The standard InChI is InChI=1S/C11H8N2O3S2/c12-5-1-2-6-7(3-5)17-11(13-6)18-8-4-9(14)16-10(8)15/h1-3,8H,4,12H2. The van der Waals surface area contributed by atoms with Gasteiger partial charge in [-0.1, -0.05) is 11.8 Å². The predicted octanol–water partition coefficient (Wildman–Crippen LogP) is 1.81. The first-order chi connectivity index (χ1) is 8.61. The van der Waals surface area contributed by atoms with Crippen LogP contribution < -0.4 is 5.73 Å². The van der Waals surface area contributed by atoms with Crippen LogP contribution in [0.15, 0.2) is 22.5 Å². The van der Waals surface area contributed by atoms with E-state index in [1.165, 1.54) is 23.1 Å². The number of thiazole rings is 1. The van der Waals surface area contributed by atoms with Gasteiger partial charge in [-0.25, -0.2) is 4.98 Å². The highest BCUT2D eigenvalue weighted by Gasteiger charge is 2.34. The Labute approximate surface area is 110 Å². The van der Waals surface area contributed by atoms with Gasteiger partial charge in [-0.3, -0.25) is 9.59 Å². The quantitative estimate of drug-likeness (QED) is 0.513. The number of cyclic esters (lactones) is 2. The van der Waals surface area contributed by atoms with Gasteiger partial charge < -0.3 is 10.5 Å². The number of benzene rings is 1. The third-order valence-electron chi connectivity index (χ3n) is 2.47. The van der Waals surface area contributed by atoms with Crippen molar-refractivity contribution in [2.45, 2.75) is 16.0 Å². The number of aromatic nitrogens is 1. The Bertz CT molecular complexity index is 653. The largest absolute Gasteiger partial charge is 0.399 e. The number of fused-ring (bicyclic) bond motifs is 1. The normalized spacial score (nSPS) is 19.4. The number of nitrogen functional groups attached to an aromatic ring is 1. The van der Waals surface area contributed by atoms with Crippen LogP contribution in [0, 0.1) is 0 Å². The van der Waals surface area contributed by atoms with Crippen molar-refractivity contribution in [3.8, 4) is 0 Å². The highest BCUT2D eigenvalue weighted by atomic mass is 32.2. The summed E-state index contributed by atoms with van der Waals surface area (Å²) in [4.78, 5) is 26.7. The van der Waals surface area contributed by atoms with E-state index in [2.05, 4.69) is 9.72 Å². The van der Waals surface area contributed by atoms with E-state index in [0.29, 0.717) is 5.69 Å². The predicted molar refractivity (Wildman–Crippen MR) is 69.4 cm³/mol. The maximum atomic E-state index is 11.4. The molecule has 1 fully saturated rings. The number of nitrogens with zero attached hydrogens (tertiary/aromatic N) is 1. The Balaban J connectivity index is 1.87. The molecule has 0 saturated carbocycles. The zero-order chi connectivity index (χ0) is 12.7. The van der Waals surface area contributed by atoms with Crippen LogP contribution in [0.25, 0.3) is 10.2 Å². The van der Waals surface area contributed by atoms with Gasteiger partial charge in [0.2, 0.25) is 0 Å². The molecule has 1 aromatic carbocycles. The molecule has 0 radical (unpaired) electrons. The first kappa shape index (κ1) is 11.5. The number of carbonyl (C=O) groups excluding carboxylic acids is 2. The van der Waals surface area contributed by atoms with Crippen LogP contribution >= 0.6 is 23.1 Å². The Kier molecular flexibility index (Phi) is 2.71. The lowest BCUT2D eigenvalue weighted by atomic mass is 10.3. The molecule has 2 N–H and O–H groups in total. The summed E-state index contributed by atoms with van der Waals surface area (Å²) in [5, 5.41) is -0.476. The molecule has 5 nitrogen and oxygen atoms in total. The molecule has 2 heterocycles. The van der Waals surface area contributed by atoms with Crippen molar-refractivity contribution in [1.82, 2.24) is 4.98 Å². The summed E-state index contributed by atoms with van der Waals surface area (Å²) in [6, 6.07) is 5.46. The molecule has 1 aliphatic rings. The molecule has 0 aliphatic carbocycles. The second-order valence-electron chi connectivity index (χ2n) is 3.81. The van der Waals surface area contributed by atoms with E-state index in [-0.39, 0.29) is 6.42 Å². The summed E-state index contributed by atoms with van der Waals surface area (Å²) < 4.78 is 6.21. The Morgan fingerprint density at radius 3 is 3.00 bits per heavy atom. The fourth-order valence-corrected chi connectivity index (χ4v) is 3.95. The first-order valence-corrected chi connectivity index (χ1v) is 6.89. The second-order valence-corrected chi connectivity index (χ2v) is 6.29. The van der Waals surface area contributed by atoms with E-state index >= 15 is 0 Å². The average Bonchev–Trinajstić information content (AvgIpc) is 2.82. The van der Waals surface area contributed by atoms with E-state index in [0.717, 1.165) is 14.6 Å². The zero-order valence-corrected chi connectivity index (χ0v) is 10.7. The van der Waals surface area contributed by atoms with E-state index in [1.54, 1.807) is 6.07 Å². The Morgan fingerprint density at radius 2 is 2.28 bits per heavy atom. The van der Waals surface area contributed by atoms with E-state index < -0.39 is 17.2 Å². The molecule has 92 valence electrons. The van der Waals surface area contributed by atoms with Crippen LogP contribution in [0.2, 0.25) is 0 Å². The first-order valence-electron chi connectivity index (χ1n) is 5.19.